The number of allylic oxidation sites excluding steroid dienone is 2. The van der Waals surface area contributed by atoms with Crippen molar-refractivity contribution in [2.75, 3.05) is 13.2 Å². The Morgan fingerprint density at radius 2 is 1.89 bits per heavy atom. The molecule has 1 N–H and O–H groups in total. The molecule has 10 atom stereocenters. The SMILES string of the molecule is CC[C@H]1/C=C/C=C\C(=O)O[C@@H]2C3C[C@H]4O[C@@H]5[C@@H]6C[C@]34[C@@]2(C)[C@]5(CC[C@]6(C)O)COC(=O)/C=C(\C)CCO1. The summed E-state index contributed by atoms with van der Waals surface area (Å²) < 4.78 is 24.8. The van der Waals surface area contributed by atoms with Crippen LogP contribution in [0.25, 0.3) is 0 Å². The second-order valence-corrected chi connectivity index (χ2v) is 12.7. The number of ether oxygens (including phenoxy) is 4. The van der Waals surface area contributed by atoms with Crippen molar-refractivity contribution >= 4 is 11.9 Å². The molecular formula is C30H40O7. The summed E-state index contributed by atoms with van der Waals surface area (Å²) in [6.45, 7) is 8.82. The summed E-state index contributed by atoms with van der Waals surface area (Å²) in [6, 6.07) is 0. The van der Waals surface area contributed by atoms with E-state index in [1.807, 2.05) is 32.9 Å². The lowest BCUT2D eigenvalue weighted by Gasteiger charge is -2.89. The van der Waals surface area contributed by atoms with Gasteiger partial charge in [0, 0.05) is 40.2 Å². The molecule has 7 nitrogen and oxygen atoms in total. The van der Waals surface area contributed by atoms with Gasteiger partial charge in [0.05, 0.1) is 30.5 Å². The number of carbonyl (C=O) groups is 2. The second kappa shape index (κ2) is 8.52. The molecular weight excluding hydrogens is 472 g/mol. The lowest BCUT2D eigenvalue weighted by molar-refractivity contribution is -0.496. The molecule has 3 aliphatic heterocycles. The van der Waals surface area contributed by atoms with E-state index in [0.29, 0.717) is 25.9 Å². The molecule has 7 rings (SSSR count). The van der Waals surface area contributed by atoms with Gasteiger partial charge in [-0.05, 0) is 52.4 Å². The lowest BCUT2D eigenvalue weighted by Crippen LogP contribution is -2.93. The normalized spacial score (nSPS) is 54.0. The first-order valence-electron chi connectivity index (χ1n) is 14.0. The third-order valence-corrected chi connectivity index (χ3v) is 11.3. The van der Waals surface area contributed by atoms with Crippen LogP contribution >= 0.6 is 0 Å². The van der Waals surface area contributed by atoms with Gasteiger partial charge < -0.3 is 24.1 Å². The number of hydrogen-bond acceptors (Lipinski definition) is 7. The molecule has 1 unspecified atom stereocenters. The van der Waals surface area contributed by atoms with E-state index in [2.05, 4.69) is 6.92 Å². The zero-order chi connectivity index (χ0) is 26.2. The summed E-state index contributed by atoms with van der Waals surface area (Å²) in [5, 5.41) is 11.4. The fourth-order valence-corrected chi connectivity index (χ4v) is 9.18. The Kier molecular flexibility index (Phi) is 5.83. The lowest BCUT2D eigenvalue weighted by atomic mass is 9.20. The van der Waals surface area contributed by atoms with Gasteiger partial charge in [-0.1, -0.05) is 37.6 Å². The molecule has 7 aliphatic rings. The average molecular weight is 513 g/mol. The molecule has 0 aromatic rings. The summed E-state index contributed by atoms with van der Waals surface area (Å²) in [7, 11) is 0. The van der Waals surface area contributed by atoms with E-state index in [0.717, 1.165) is 24.8 Å². The summed E-state index contributed by atoms with van der Waals surface area (Å²) >= 11 is 0. The number of aliphatic hydroxyl groups is 1. The van der Waals surface area contributed by atoms with Crippen LogP contribution in [0.3, 0.4) is 0 Å². The minimum Gasteiger partial charge on any atom is -0.462 e. The smallest absolute Gasteiger partial charge is 0.331 e. The van der Waals surface area contributed by atoms with Gasteiger partial charge in [0.2, 0.25) is 0 Å². The van der Waals surface area contributed by atoms with Crippen molar-refractivity contribution in [3.8, 4) is 0 Å². The number of esters is 2. The molecule has 6 fully saturated rings. The minimum absolute atomic E-state index is 0.0208. The number of hydrogen-bond donors (Lipinski definition) is 1. The quantitative estimate of drug-likeness (QED) is 0.530. The summed E-state index contributed by atoms with van der Waals surface area (Å²) in [6.07, 6.45) is 12.6. The first kappa shape index (κ1) is 25.3. The van der Waals surface area contributed by atoms with Crippen molar-refractivity contribution in [3.05, 3.63) is 36.0 Å². The number of cyclic esters (lactones) is 1. The second-order valence-electron chi connectivity index (χ2n) is 12.7. The predicted molar refractivity (Wildman–Crippen MR) is 135 cm³/mol. The van der Waals surface area contributed by atoms with Crippen LogP contribution in [0.5, 0.6) is 0 Å². The highest BCUT2D eigenvalue weighted by molar-refractivity contribution is 5.83. The maximum atomic E-state index is 13.0. The highest BCUT2D eigenvalue weighted by Crippen LogP contribution is 2.87. The van der Waals surface area contributed by atoms with Gasteiger partial charge in [0.15, 0.2) is 0 Å². The van der Waals surface area contributed by atoms with E-state index in [4.69, 9.17) is 18.9 Å². The molecule has 2 spiro atoms. The van der Waals surface area contributed by atoms with Gasteiger partial charge in [-0.3, -0.25) is 0 Å². The third-order valence-electron chi connectivity index (χ3n) is 11.3. The molecule has 0 radical (unpaired) electrons. The molecule has 3 heterocycles. The molecule has 4 bridgehead atoms. The Morgan fingerprint density at radius 3 is 2.68 bits per heavy atom. The van der Waals surface area contributed by atoms with Crippen LogP contribution in [0.4, 0.5) is 0 Å². The van der Waals surface area contributed by atoms with Gasteiger partial charge in [-0.15, -0.1) is 0 Å². The zero-order valence-electron chi connectivity index (χ0n) is 22.4. The predicted octanol–water partition coefficient (Wildman–Crippen LogP) is 4.04. The van der Waals surface area contributed by atoms with Gasteiger partial charge in [-0.25, -0.2) is 9.59 Å². The topological polar surface area (TPSA) is 91.3 Å². The Bertz CT molecular complexity index is 1070. The van der Waals surface area contributed by atoms with E-state index in [1.165, 1.54) is 6.08 Å². The van der Waals surface area contributed by atoms with Crippen molar-refractivity contribution in [2.45, 2.75) is 96.2 Å². The van der Waals surface area contributed by atoms with E-state index in [1.54, 1.807) is 12.2 Å². The van der Waals surface area contributed by atoms with E-state index >= 15 is 0 Å². The van der Waals surface area contributed by atoms with Crippen LogP contribution in [-0.4, -0.2) is 60.3 Å². The van der Waals surface area contributed by atoms with Gasteiger partial charge >= 0.3 is 11.9 Å². The molecule has 4 saturated carbocycles. The van der Waals surface area contributed by atoms with Crippen LogP contribution in [0, 0.1) is 28.1 Å². The molecule has 4 aliphatic carbocycles. The van der Waals surface area contributed by atoms with Crippen LogP contribution in [0.2, 0.25) is 0 Å². The van der Waals surface area contributed by atoms with Crippen LogP contribution in [0.1, 0.15) is 66.2 Å². The summed E-state index contributed by atoms with van der Waals surface area (Å²) in [5.74, 6) is -0.535. The first-order valence-corrected chi connectivity index (χ1v) is 14.0. The monoisotopic (exact) mass is 512 g/mol. The van der Waals surface area contributed by atoms with Crippen molar-refractivity contribution in [1.29, 1.82) is 0 Å². The van der Waals surface area contributed by atoms with Crippen molar-refractivity contribution in [2.24, 2.45) is 28.1 Å². The third kappa shape index (κ3) is 3.29. The fraction of sp³-hybridized carbons (Fsp3) is 0.733. The highest BCUT2D eigenvalue weighted by Gasteiger charge is 2.92. The van der Waals surface area contributed by atoms with E-state index in [-0.39, 0.29) is 65.6 Å². The molecule has 37 heavy (non-hydrogen) atoms. The summed E-state index contributed by atoms with van der Waals surface area (Å²) in [4.78, 5) is 25.9. The number of fused-ring (bicyclic) bond motifs is 1. The van der Waals surface area contributed by atoms with Gasteiger partial charge in [-0.2, -0.15) is 0 Å². The average Bonchev–Trinajstić information content (AvgIpc) is 2.84. The Hall–Kier alpha value is -1.96. The Morgan fingerprint density at radius 1 is 1.08 bits per heavy atom. The maximum Gasteiger partial charge on any atom is 0.331 e. The zero-order valence-corrected chi connectivity index (χ0v) is 22.4. The molecule has 2 saturated heterocycles. The van der Waals surface area contributed by atoms with Crippen LogP contribution in [0.15, 0.2) is 36.0 Å². The molecule has 202 valence electrons. The van der Waals surface area contributed by atoms with Gasteiger partial charge in [0.25, 0.3) is 0 Å². The van der Waals surface area contributed by atoms with Crippen molar-refractivity contribution < 1.29 is 33.6 Å². The van der Waals surface area contributed by atoms with Gasteiger partial charge in [0.1, 0.15) is 12.7 Å². The van der Waals surface area contributed by atoms with Crippen LogP contribution < -0.4 is 0 Å². The molecule has 0 aromatic carbocycles. The minimum atomic E-state index is -0.823. The van der Waals surface area contributed by atoms with Crippen molar-refractivity contribution in [1.82, 2.24) is 0 Å². The largest absolute Gasteiger partial charge is 0.462 e. The molecule has 7 heteroatoms. The highest BCUT2D eigenvalue weighted by atomic mass is 16.6. The first-order chi connectivity index (χ1) is 17.6. The van der Waals surface area contributed by atoms with E-state index in [9.17, 15) is 14.7 Å². The van der Waals surface area contributed by atoms with Crippen LogP contribution in [-0.2, 0) is 28.5 Å². The van der Waals surface area contributed by atoms with Crippen molar-refractivity contribution in [3.63, 3.8) is 0 Å². The standard InChI is InChI=1S/C30H40O7/c1-5-19-8-6-7-9-23(31)37-25-20-15-22-30(20)16-21-26(36-22)29(28(25,30)4,12-11-27(21,3)33)17-35-24(32)14-18(2)10-13-34-19/h6-9,14,19-22,25-26,33H,5,10-13,15-17H2,1-4H3/b8-6+,9-7-,18-14+/t19-,20?,21-,22+,25+,26+,27-,28+,29+,30-/m0/s1. The Balaban J connectivity index is 1.37. The summed E-state index contributed by atoms with van der Waals surface area (Å²) in [5.41, 5.74) is -0.963. The number of rotatable bonds is 1. The van der Waals surface area contributed by atoms with E-state index < -0.39 is 11.0 Å². The molecule has 0 amide bonds. The molecule has 0 aromatic heterocycles. The Labute approximate surface area is 219 Å². The maximum absolute atomic E-state index is 13.0. The fourth-order valence-electron chi connectivity index (χ4n) is 9.18. The number of carbonyl (C=O) groups excluding carboxylic acids is 2.